The smallest absolute Gasteiger partial charge is 0.274 e. The molecule has 3 aliphatic rings. The molecular weight excluding hydrogens is 342 g/mol. The summed E-state index contributed by atoms with van der Waals surface area (Å²) >= 11 is 0. The number of aromatic nitrogens is 2. The van der Waals surface area contributed by atoms with Crippen molar-refractivity contribution in [2.24, 2.45) is 0 Å². The van der Waals surface area contributed by atoms with Crippen LogP contribution < -0.4 is 0 Å². The Kier molecular flexibility index (Phi) is 5.53. The SMILES string of the molecule is CCn1ccc(C(=O)N2CCC3(CC2)CC(N2CCN(C)CC2)CCO3)n1. The molecule has 7 nitrogen and oxygen atoms in total. The molecule has 4 rings (SSSR count). The normalized spacial score (nSPS) is 27.2. The number of carbonyl (C=O) groups excluding carboxylic acids is 1. The summed E-state index contributed by atoms with van der Waals surface area (Å²) in [7, 11) is 2.21. The van der Waals surface area contributed by atoms with Gasteiger partial charge in [0.15, 0.2) is 0 Å². The molecule has 0 aromatic carbocycles. The maximum atomic E-state index is 12.7. The Morgan fingerprint density at radius 2 is 1.96 bits per heavy atom. The second-order valence-corrected chi connectivity index (χ2v) is 8.37. The maximum absolute atomic E-state index is 12.7. The standard InChI is InChI=1S/C20H33N5O2/c1-3-25-8-4-18(21-25)19(26)24-9-6-20(7-10-24)16-17(5-15-27-20)23-13-11-22(2)12-14-23/h4,8,17H,3,5-7,9-16H2,1-2H3. The molecule has 3 fully saturated rings. The van der Waals surface area contributed by atoms with Crippen molar-refractivity contribution >= 4 is 5.91 Å². The predicted octanol–water partition coefficient (Wildman–Crippen LogP) is 1.30. The van der Waals surface area contributed by atoms with Gasteiger partial charge in [0.25, 0.3) is 5.91 Å². The molecule has 0 aliphatic carbocycles. The Morgan fingerprint density at radius 3 is 2.63 bits per heavy atom. The van der Waals surface area contributed by atoms with Gasteiger partial charge in [-0.15, -0.1) is 0 Å². The van der Waals surface area contributed by atoms with Crippen LogP contribution in [0.5, 0.6) is 0 Å². The number of aryl methyl sites for hydroxylation is 1. The summed E-state index contributed by atoms with van der Waals surface area (Å²) < 4.78 is 8.12. The fourth-order valence-corrected chi connectivity index (χ4v) is 4.78. The average Bonchev–Trinajstić information content (AvgIpc) is 3.18. The zero-order chi connectivity index (χ0) is 18.9. The fraction of sp³-hybridized carbons (Fsp3) is 0.800. The number of likely N-dealkylation sites (tertiary alicyclic amines) is 1. The second-order valence-electron chi connectivity index (χ2n) is 8.37. The molecule has 150 valence electrons. The summed E-state index contributed by atoms with van der Waals surface area (Å²) in [6, 6.07) is 2.46. The number of carbonyl (C=O) groups is 1. The van der Waals surface area contributed by atoms with Crippen molar-refractivity contribution in [2.45, 2.75) is 50.8 Å². The lowest BCUT2D eigenvalue weighted by Gasteiger charge is -2.49. The highest BCUT2D eigenvalue weighted by atomic mass is 16.5. The van der Waals surface area contributed by atoms with E-state index in [9.17, 15) is 4.79 Å². The summed E-state index contributed by atoms with van der Waals surface area (Å²) in [6.07, 6.45) is 6.02. The number of nitrogens with zero attached hydrogens (tertiary/aromatic N) is 5. The third kappa shape index (κ3) is 4.05. The molecule has 0 bridgehead atoms. The largest absolute Gasteiger partial charge is 0.375 e. The average molecular weight is 376 g/mol. The topological polar surface area (TPSA) is 53.8 Å². The summed E-state index contributed by atoms with van der Waals surface area (Å²) in [5, 5.41) is 4.37. The molecular formula is C20H33N5O2. The summed E-state index contributed by atoms with van der Waals surface area (Å²) in [6.45, 7) is 9.88. The van der Waals surface area contributed by atoms with Crippen LogP contribution in [-0.4, -0.2) is 95.0 Å². The Balaban J connectivity index is 1.34. The lowest BCUT2D eigenvalue weighted by Crippen LogP contribution is -2.57. The lowest BCUT2D eigenvalue weighted by atomic mass is 9.81. The molecule has 1 amide bonds. The van der Waals surface area contributed by atoms with E-state index in [-0.39, 0.29) is 11.5 Å². The van der Waals surface area contributed by atoms with Crippen molar-refractivity contribution in [1.29, 1.82) is 0 Å². The third-order valence-corrected chi connectivity index (χ3v) is 6.67. The molecule has 3 aliphatic heterocycles. The number of piperidine rings is 1. The first-order chi connectivity index (χ1) is 13.1. The van der Waals surface area contributed by atoms with Gasteiger partial charge in [0, 0.05) is 64.7 Å². The molecule has 0 N–H and O–H groups in total. The third-order valence-electron chi connectivity index (χ3n) is 6.67. The van der Waals surface area contributed by atoms with E-state index in [0.717, 1.165) is 65.0 Å². The minimum atomic E-state index is -0.0359. The molecule has 1 unspecified atom stereocenters. The Hall–Kier alpha value is -1.44. The first-order valence-electron chi connectivity index (χ1n) is 10.5. The van der Waals surface area contributed by atoms with Crippen molar-refractivity contribution in [1.82, 2.24) is 24.5 Å². The van der Waals surface area contributed by atoms with Gasteiger partial charge >= 0.3 is 0 Å². The highest BCUT2D eigenvalue weighted by Gasteiger charge is 2.43. The monoisotopic (exact) mass is 375 g/mol. The molecule has 1 aromatic heterocycles. The molecule has 7 heteroatoms. The van der Waals surface area contributed by atoms with Crippen molar-refractivity contribution in [3.05, 3.63) is 18.0 Å². The lowest BCUT2D eigenvalue weighted by molar-refractivity contribution is -0.132. The number of rotatable bonds is 3. The van der Waals surface area contributed by atoms with E-state index in [4.69, 9.17) is 4.74 Å². The molecule has 1 atom stereocenters. The fourth-order valence-electron chi connectivity index (χ4n) is 4.78. The van der Waals surface area contributed by atoms with E-state index < -0.39 is 0 Å². The zero-order valence-electron chi connectivity index (χ0n) is 16.8. The number of ether oxygens (including phenoxy) is 1. The number of hydrogen-bond acceptors (Lipinski definition) is 5. The molecule has 4 heterocycles. The highest BCUT2D eigenvalue weighted by molar-refractivity contribution is 5.92. The number of piperazine rings is 1. The minimum Gasteiger partial charge on any atom is -0.375 e. The van der Waals surface area contributed by atoms with Crippen LogP contribution in [0.2, 0.25) is 0 Å². The molecule has 27 heavy (non-hydrogen) atoms. The van der Waals surface area contributed by atoms with Crippen LogP contribution in [0.15, 0.2) is 12.3 Å². The summed E-state index contributed by atoms with van der Waals surface area (Å²) in [4.78, 5) is 19.8. The quantitative estimate of drug-likeness (QED) is 0.797. The van der Waals surface area contributed by atoms with Gasteiger partial charge in [0.2, 0.25) is 0 Å². The molecule has 0 radical (unpaired) electrons. The van der Waals surface area contributed by atoms with Gasteiger partial charge in [0.1, 0.15) is 5.69 Å². The van der Waals surface area contributed by atoms with Crippen LogP contribution in [0.4, 0.5) is 0 Å². The van der Waals surface area contributed by atoms with E-state index in [0.29, 0.717) is 11.7 Å². The Labute approximate surface area is 162 Å². The van der Waals surface area contributed by atoms with Gasteiger partial charge in [-0.2, -0.15) is 5.10 Å². The van der Waals surface area contributed by atoms with Crippen LogP contribution >= 0.6 is 0 Å². The maximum Gasteiger partial charge on any atom is 0.274 e. The number of likely N-dealkylation sites (N-methyl/N-ethyl adjacent to an activating group) is 1. The van der Waals surface area contributed by atoms with E-state index in [1.54, 1.807) is 0 Å². The highest BCUT2D eigenvalue weighted by Crippen LogP contribution is 2.37. The summed E-state index contributed by atoms with van der Waals surface area (Å²) in [5.74, 6) is 0.0588. The van der Waals surface area contributed by atoms with Crippen LogP contribution in [0, 0.1) is 0 Å². The predicted molar refractivity (Wildman–Crippen MR) is 104 cm³/mol. The van der Waals surface area contributed by atoms with E-state index in [1.165, 1.54) is 13.1 Å². The van der Waals surface area contributed by atoms with Crippen molar-refractivity contribution in [3.63, 3.8) is 0 Å². The van der Waals surface area contributed by atoms with Crippen molar-refractivity contribution < 1.29 is 9.53 Å². The first kappa shape index (κ1) is 18.9. The van der Waals surface area contributed by atoms with Gasteiger partial charge in [0.05, 0.1) is 5.60 Å². The number of hydrogen-bond donors (Lipinski definition) is 0. The van der Waals surface area contributed by atoms with E-state index in [2.05, 4.69) is 21.9 Å². The first-order valence-corrected chi connectivity index (χ1v) is 10.5. The van der Waals surface area contributed by atoms with Crippen molar-refractivity contribution in [2.75, 3.05) is 52.9 Å². The van der Waals surface area contributed by atoms with Crippen LogP contribution in [0.3, 0.4) is 0 Å². The zero-order valence-corrected chi connectivity index (χ0v) is 16.8. The molecule has 1 aromatic rings. The van der Waals surface area contributed by atoms with Gasteiger partial charge < -0.3 is 14.5 Å². The van der Waals surface area contributed by atoms with E-state index in [1.807, 2.05) is 28.8 Å². The van der Waals surface area contributed by atoms with Crippen LogP contribution in [-0.2, 0) is 11.3 Å². The summed E-state index contributed by atoms with van der Waals surface area (Å²) in [5.41, 5.74) is 0.527. The van der Waals surface area contributed by atoms with Crippen LogP contribution in [0.1, 0.15) is 43.1 Å². The minimum absolute atomic E-state index is 0.0359. The Morgan fingerprint density at radius 1 is 1.22 bits per heavy atom. The van der Waals surface area contributed by atoms with Gasteiger partial charge in [-0.25, -0.2) is 0 Å². The van der Waals surface area contributed by atoms with Crippen LogP contribution in [0.25, 0.3) is 0 Å². The van der Waals surface area contributed by atoms with Gasteiger partial charge in [-0.3, -0.25) is 14.4 Å². The molecule has 1 spiro atoms. The van der Waals surface area contributed by atoms with Gasteiger partial charge in [-0.05, 0) is 45.7 Å². The second kappa shape index (κ2) is 7.89. The van der Waals surface area contributed by atoms with Crippen molar-refractivity contribution in [3.8, 4) is 0 Å². The van der Waals surface area contributed by atoms with Gasteiger partial charge in [-0.1, -0.05) is 0 Å². The Bertz CT molecular complexity index is 645. The number of amides is 1. The molecule has 0 saturated carbocycles. The molecule has 3 saturated heterocycles. The van der Waals surface area contributed by atoms with E-state index >= 15 is 0 Å².